The van der Waals surface area contributed by atoms with Gasteiger partial charge in [-0.15, -0.1) is 0 Å². The van der Waals surface area contributed by atoms with Crippen LogP contribution in [-0.4, -0.2) is 40.6 Å². The van der Waals surface area contributed by atoms with Crippen LogP contribution in [0.15, 0.2) is 48.5 Å². The molecule has 0 fully saturated rings. The van der Waals surface area contributed by atoms with Crippen molar-refractivity contribution in [2.75, 3.05) is 39.6 Å². The van der Waals surface area contributed by atoms with E-state index in [0.717, 1.165) is 5.69 Å². The molecule has 2 aromatic carbocycles. The second-order valence-electron chi connectivity index (χ2n) is 6.33. The van der Waals surface area contributed by atoms with Gasteiger partial charge >= 0.3 is 0 Å². The fourth-order valence-corrected chi connectivity index (χ4v) is 2.68. The zero-order valence-corrected chi connectivity index (χ0v) is 15.4. The lowest BCUT2D eigenvalue weighted by Crippen LogP contribution is -3.07. The molecule has 0 bridgehead atoms. The lowest BCUT2D eigenvalue weighted by Gasteiger charge is -2.23. The van der Waals surface area contributed by atoms with Crippen molar-refractivity contribution in [3.8, 4) is 0 Å². The number of anilines is 1. The van der Waals surface area contributed by atoms with Crippen molar-refractivity contribution >= 4 is 23.2 Å². The lowest BCUT2D eigenvalue weighted by molar-refractivity contribution is -0.890. The van der Waals surface area contributed by atoms with Crippen molar-refractivity contribution in [2.45, 2.75) is 6.04 Å². The highest BCUT2D eigenvalue weighted by atomic mass is 35.5. The van der Waals surface area contributed by atoms with Crippen LogP contribution in [-0.2, 0) is 0 Å². The molecule has 0 saturated carbocycles. The predicted octanol–water partition coefficient (Wildman–Crippen LogP) is 2.02. The fourth-order valence-electron chi connectivity index (χ4n) is 2.56. The maximum absolute atomic E-state index is 12.3. The molecule has 1 amide bonds. The number of nitrogens with one attached hydrogen (secondary N) is 2. The van der Waals surface area contributed by atoms with Crippen LogP contribution >= 0.6 is 11.6 Å². The van der Waals surface area contributed by atoms with Crippen LogP contribution in [0.5, 0.6) is 0 Å². The smallest absolute Gasteiger partial charge is 0.251 e. The number of likely N-dealkylation sites (N-methyl/N-ethyl adjacent to an activating group) is 1. The van der Waals surface area contributed by atoms with E-state index in [1.807, 2.05) is 14.1 Å². The zero-order chi connectivity index (χ0) is 17.7. The molecule has 0 aliphatic rings. The molecule has 2 rings (SSSR count). The summed E-state index contributed by atoms with van der Waals surface area (Å²) in [5, 5.41) is 3.65. The number of carbonyl (C=O) groups is 1. The first-order chi connectivity index (χ1) is 11.4. The summed E-state index contributed by atoms with van der Waals surface area (Å²) in [6.07, 6.45) is 0. The number of rotatable bonds is 6. The Hall–Kier alpha value is -2.04. The zero-order valence-electron chi connectivity index (χ0n) is 14.6. The van der Waals surface area contributed by atoms with E-state index >= 15 is 0 Å². The van der Waals surface area contributed by atoms with Crippen LogP contribution in [0, 0.1) is 0 Å². The van der Waals surface area contributed by atoms with Gasteiger partial charge in [0.05, 0.1) is 20.6 Å². The molecular formula is C19H25ClN3O+. The first-order valence-electron chi connectivity index (χ1n) is 7.99. The van der Waals surface area contributed by atoms with E-state index in [0.29, 0.717) is 17.1 Å². The van der Waals surface area contributed by atoms with Gasteiger partial charge in [-0.2, -0.15) is 0 Å². The third kappa shape index (κ3) is 4.73. The van der Waals surface area contributed by atoms with Gasteiger partial charge in [-0.3, -0.25) is 4.79 Å². The maximum Gasteiger partial charge on any atom is 0.251 e. The third-order valence-corrected chi connectivity index (χ3v) is 4.33. The molecule has 0 aliphatic heterocycles. The Morgan fingerprint density at radius 3 is 2.17 bits per heavy atom. The van der Waals surface area contributed by atoms with Gasteiger partial charge in [0.1, 0.15) is 6.04 Å². The minimum absolute atomic E-state index is 0.0807. The van der Waals surface area contributed by atoms with Gasteiger partial charge in [-0.25, -0.2) is 0 Å². The van der Waals surface area contributed by atoms with E-state index in [4.69, 9.17) is 11.6 Å². The van der Waals surface area contributed by atoms with Crippen molar-refractivity contribution in [3.63, 3.8) is 0 Å². The molecule has 0 aromatic heterocycles. The number of halogens is 1. The Labute approximate surface area is 149 Å². The molecule has 24 heavy (non-hydrogen) atoms. The standard InChI is InChI=1S/C19H24ClN3O/c1-22(2)17-11-7-14(8-12-17)18(23(3)4)13-21-19(24)15-5-9-16(20)10-6-15/h5-12,18H,13H2,1-4H3,(H,21,24)/p+1/t18-/m1/s1. The van der Waals surface area contributed by atoms with Crippen molar-refractivity contribution in [3.05, 3.63) is 64.7 Å². The average Bonchev–Trinajstić information content (AvgIpc) is 2.55. The number of hydrogen-bond donors (Lipinski definition) is 2. The summed E-state index contributed by atoms with van der Waals surface area (Å²) in [5.41, 5.74) is 2.99. The number of benzene rings is 2. The quantitative estimate of drug-likeness (QED) is 0.839. The van der Waals surface area contributed by atoms with Crippen molar-refractivity contribution in [1.29, 1.82) is 0 Å². The summed E-state index contributed by atoms with van der Waals surface area (Å²) < 4.78 is 0. The Bertz CT molecular complexity index is 666. The molecule has 5 heteroatoms. The van der Waals surface area contributed by atoms with E-state index < -0.39 is 0 Å². The van der Waals surface area contributed by atoms with Crippen molar-refractivity contribution < 1.29 is 9.69 Å². The molecule has 2 N–H and O–H groups in total. The fraction of sp³-hybridized carbons (Fsp3) is 0.316. The summed E-state index contributed by atoms with van der Waals surface area (Å²) in [4.78, 5) is 15.6. The molecule has 0 unspecified atom stereocenters. The molecule has 128 valence electrons. The molecule has 0 aliphatic carbocycles. The van der Waals surface area contributed by atoms with Gasteiger partial charge in [-0.1, -0.05) is 23.7 Å². The Morgan fingerprint density at radius 2 is 1.67 bits per heavy atom. The lowest BCUT2D eigenvalue weighted by atomic mass is 10.0. The highest BCUT2D eigenvalue weighted by Gasteiger charge is 2.19. The largest absolute Gasteiger partial charge is 0.378 e. The van der Waals surface area contributed by atoms with E-state index in [9.17, 15) is 4.79 Å². The van der Waals surface area contributed by atoms with E-state index in [-0.39, 0.29) is 11.9 Å². The first-order valence-corrected chi connectivity index (χ1v) is 8.37. The topological polar surface area (TPSA) is 36.8 Å². The molecular weight excluding hydrogens is 322 g/mol. The minimum Gasteiger partial charge on any atom is -0.378 e. The molecule has 1 atom stereocenters. The Kier molecular flexibility index (Phi) is 6.23. The van der Waals surface area contributed by atoms with Gasteiger partial charge < -0.3 is 15.1 Å². The summed E-state index contributed by atoms with van der Waals surface area (Å²) in [7, 11) is 8.24. The van der Waals surface area contributed by atoms with Crippen molar-refractivity contribution in [1.82, 2.24) is 5.32 Å². The predicted molar refractivity (Wildman–Crippen MR) is 100 cm³/mol. The van der Waals surface area contributed by atoms with Gasteiger partial charge in [0, 0.05) is 35.9 Å². The molecule has 0 spiro atoms. The van der Waals surface area contributed by atoms with Crippen LogP contribution in [0.4, 0.5) is 5.69 Å². The summed E-state index contributed by atoms with van der Waals surface area (Å²) >= 11 is 5.86. The van der Waals surface area contributed by atoms with E-state index in [1.54, 1.807) is 24.3 Å². The van der Waals surface area contributed by atoms with Crippen molar-refractivity contribution in [2.24, 2.45) is 0 Å². The highest BCUT2D eigenvalue weighted by molar-refractivity contribution is 6.30. The number of quaternary nitrogens is 1. The normalized spacial score (nSPS) is 12.1. The summed E-state index contributed by atoms with van der Waals surface area (Å²) in [6, 6.07) is 15.6. The van der Waals surface area contributed by atoms with Crippen LogP contribution in [0.1, 0.15) is 22.0 Å². The summed E-state index contributed by atoms with van der Waals surface area (Å²) in [5.74, 6) is -0.0807. The third-order valence-electron chi connectivity index (χ3n) is 4.08. The van der Waals surface area contributed by atoms with Crippen LogP contribution in [0.25, 0.3) is 0 Å². The van der Waals surface area contributed by atoms with Gasteiger partial charge in [-0.05, 0) is 36.4 Å². The van der Waals surface area contributed by atoms with Gasteiger partial charge in [0.15, 0.2) is 0 Å². The molecule has 2 aromatic rings. The second-order valence-corrected chi connectivity index (χ2v) is 6.77. The molecule has 0 radical (unpaired) electrons. The molecule has 0 heterocycles. The van der Waals surface area contributed by atoms with Gasteiger partial charge in [0.2, 0.25) is 0 Å². The minimum atomic E-state index is -0.0807. The maximum atomic E-state index is 12.3. The SMILES string of the molecule is CN(C)c1ccc([C@@H](CNC(=O)c2ccc(Cl)cc2)[NH+](C)C)cc1. The first kappa shape index (κ1) is 18.3. The Balaban J connectivity index is 2.05. The van der Waals surface area contributed by atoms with Crippen LogP contribution in [0.2, 0.25) is 5.02 Å². The van der Waals surface area contributed by atoms with Gasteiger partial charge in [0.25, 0.3) is 5.91 Å². The second kappa shape index (κ2) is 8.18. The van der Waals surface area contributed by atoms with Crippen LogP contribution < -0.4 is 15.1 Å². The number of nitrogens with zero attached hydrogens (tertiary/aromatic N) is 1. The number of amides is 1. The number of hydrogen-bond acceptors (Lipinski definition) is 2. The number of carbonyl (C=O) groups excluding carboxylic acids is 1. The summed E-state index contributed by atoms with van der Waals surface area (Å²) in [6.45, 7) is 0.575. The van der Waals surface area contributed by atoms with E-state index in [2.05, 4.69) is 48.6 Å². The monoisotopic (exact) mass is 346 g/mol. The van der Waals surface area contributed by atoms with E-state index in [1.165, 1.54) is 10.5 Å². The highest BCUT2D eigenvalue weighted by Crippen LogP contribution is 2.16. The Morgan fingerprint density at radius 1 is 1.08 bits per heavy atom. The molecule has 4 nitrogen and oxygen atoms in total. The molecule has 0 saturated heterocycles. The van der Waals surface area contributed by atoms with Crippen LogP contribution in [0.3, 0.4) is 0 Å². The average molecular weight is 347 g/mol.